The maximum atomic E-state index is 11.7. The fraction of sp³-hybridized carbons (Fsp3) is 0.833. The van der Waals surface area contributed by atoms with Crippen molar-refractivity contribution in [1.29, 1.82) is 0 Å². The zero-order chi connectivity index (χ0) is 14.3. The number of methoxy groups -OCH3 is 1. The van der Waals surface area contributed by atoms with Crippen molar-refractivity contribution in [3.8, 4) is 0 Å². The van der Waals surface area contributed by atoms with Gasteiger partial charge in [0.1, 0.15) is 6.04 Å². The molecule has 0 spiro atoms. The standard InChI is InChI=1S/C12H22N2O5/c1-19-7-6-9(11(16)17)14-12(18)13-8-4-2-3-5-10(8)15/h8-10,15H,2-7H2,1H3,(H,16,17)(H2,13,14,18). The van der Waals surface area contributed by atoms with Crippen LogP contribution in [0, 0.1) is 0 Å². The van der Waals surface area contributed by atoms with Crippen molar-refractivity contribution in [3.63, 3.8) is 0 Å². The highest BCUT2D eigenvalue weighted by atomic mass is 16.5. The van der Waals surface area contributed by atoms with Crippen LogP contribution in [0.15, 0.2) is 0 Å². The number of rotatable bonds is 6. The normalized spacial score (nSPS) is 24.5. The summed E-state index contributed by atoms with van der Waals surface area (Å²) < 4.78 is 4.80. The molecule has 0 aromatic heterocycles. The second kappa shape index (κ2) is 7.96. The Hall–Kier alpha value is -1.34. The molecule has 1 saturated carbocycles. The first-order valence-corrected chi connectivity index (χ1v) is 6.51. The third-order valence-electron chi connectivity index (χ3n) is 3.26. The summed E-state index contributed by atoms with van der Waals surface area (Å²) in [7, 11) is 1.47. The highest BCUT2D eigenvalue weighted by molar-refractivity contribution is 5.82. The molecule has 2 amide bonds. The number of amides is 2. The minimum Gasteiger partial charge on any atom is -0.480 e. The van der Waals surface area contributed by atoms with E-state index < -0.39 is 24.1 Å². The molecule has 110 valence electrons. The van der Waals surface area contributed by atoms with Gasteiger partial charge in [-0.05, 0) is 12.8 Å². The van der Waals surface area contributed by atoms with E-state index >= 15 is 0 Å². The minimum absolute atomic E-state index is 0.201. The average molecular weight is 274 g/mol. The van der Waals surface area contributed by atoms with Crippen LogP contribution in [0.3, 0.4) is 0 Å². The van der Waals surface area contributed by atoms with Gasteiger partial charge in [0.25, 0.3) is 0 Å². The number of ether oxygens (including phenoxy) is 1. The molecule has 1 aliphatic rings. The number of aliphatic carboxylic acids is 1. The molecule has 7 nitrogen and oxygen atoms in total. The summed E-state index contributed by atoms with van der Waals surface area (Å²) in [6, 6.07) is -1.85. The maximum absolute atomic E-state index is 11.7. The molecule has 1 fully saturated rings. The molecule has 3 atom stereocenters. The van der Waals surface area contributed by atoms with Gasteiger partial charge < -0.3 is 25.6 Å². The third-order valence-corrected chi connectivity index (χ3v) is 3.26. The van der Waals surface area contributed by atoms with Crippen LogP contribution in [0.1, 0.15) is 32.1 Å². The molecule has 1 rings (SSSR count). The van der Waals surface area contributed by atoms with Crippen molar-refractivity contribution >= 4 is 12.0 Å². The number of aliphatic hydroxyl groups excluding tert-OH is 1. The van der Waals surface area contributed by atoms with E-state index in [9.17, 15) is 14.7 Å². The number of hydrogen-bond acceptors (Lipinski definition) is 4. The largest absolute Gasteiger partial charge is 0.480 e. The molecule has 0 saturated heterocycles. The van der Waals surface area contributed by atoms with E-state index in [4.69, 9.17) is 9.84 Å². The Bertz CT molecular complexity index is 310. The van der Waals surface area contributed by atoms with Gasteiger partial charge in [0.15, 0.2) is 0 Å². The fourth-order valence-electron chi connectivity index (χ4n) is 2.14. The second-order valence-electron chi connectivity index (χ2n) is 4.75. The van der Waals surface area contributed by atoms with Crippen molar-refractivity contribution in [3.05, 3.63) is 0 Å². The van der Waals surface area contributed by atoms with E-state index in [0.29, 0.717) is 12.8 Å². The number of hydrogen-bond donors (Lipinski definition) is 4. The van der Waals surface area contributed by atoms with Crippen LogP contribution in [0.2, 0.25) is 0 Å². The summed E-state index contributed by atoms with van der Waals surface area (Å²) in [6.07, 6.45) is 2.93. The second-order valence-corrected chi connectivity index (χ2v) is 4.75. The van der Waals surface area contributed by atoms with Crippen LogP contribution in [0.5, 0.6) is 0 Å². The Kier molecular flexibility index (Phi) is 6.58. The van der Waals surface area contributed by atoms with Crippen LogP contribution >= 0.6 is 0 Å². The lowest BCUT2D eigenvalue weighted by Gasteiger charge is -2.28. The minimum atomic E-state index is -1.10. The SMILES string of the molecule is COCCC(NC(=O)NC1CCCCC1O)C(=O)O. The molecule has 3 unspecified atom stereocenters. The third kappa shape index (κ3) is 5.44. The van der Waals surface area contributed by atoms with Gasteiger partial charge in [-0.3, -0.25) is 0 Å². The van der Waals surface area contributed by atoms with Crippen LogP contribution in [0.4, 0.5) is 4.79 Å². The maximum Gasteiger partial charge on any atom is 0.326 e. The zero-order valence-electron chi connectivity index (χ0n) is 11.1. The Morgan fingerprint density at radius 3 is 2.63 bits per heavy atom. The van der Waals surface area contributed by atoms with Crippen LogP contribution in [-0.4, -0.2) is 54.1 Å². The number of carbonyl (C=O) groups excluding carboxylic acids is 1. The number of carboxylic acid groups (broad SMARTS) is 1. The van der Waals surface area contributed by atoms with E-state index in [1.807, 2.05) is 0 Å². The molecule has 4 N–H and O–H groups in total. The first kappa shape index (κ1) is 15.7. The molecule has 19 heavy (non-hydrogen) atoms. The molecule has 0 aromatic rings. The highest BCUT2D eigenvalue weighted by Gasteiger charge is 2.26. The van der Waals surface area contributed by atoms with E-state index in [-0.39, 0.29) is 19.1 Å². The van der Waals surface area contributed by atoms with Crippen molar-refractivity contribution in [1.82, 2.24) is 10.6 Å². The number of urea groups is 1. The summed E-state index contributed by atoms with van der Waals surface area (Å²) in [5.74, 6) is -1.10. The summed E-state index contributed by atoms with van der Waals surface area (Å²) in [5.41, 5.74) is 0. The first-order chi connectivity index (χ1) is 9.04. The number of carboxylic acids is 1. The van der Waals surface area contributed by atoms with Crippen molar-refractivity contribution in [2.24, 2.45) is 0 Å². The molecule has 0 heterocycles. The summed E-state index contributed by atoms with van der Waals surface area (Å²) in [5, 5.41) is 23.7. The van der Waals surface area contributed by atoms with Gasteiger partial charge in [0, 0.05) is 20.1 Å². The lowest BCUT2D eigenvalue weighted by Crippen LogP contribution is -2.53. The van der Waals surface area contributed by atoms with Crippen molar-refractivity contribution < 1.29 is 24.5 Å². The van der Waals surface area contributed by atoms with Crippen LogP contribution < -0.4 is 10.6 Å². The molecule has 1 aliphatic carbocycles. The molecular formula is C12H22N2O5. The Morgan fingerprint density at radius 1 is 1.37 bits per heavy atom. The molecule has 0 aliphatic heterocycles. The predicted octanol–water partition coefficient (Wildman–Crippen LogP) is 0.0788. The lowest BCUT2D eigenvalue weighted by molar-refractivity contribution is -0.139. The summed E-state index contributed by atoms with van der Waals surface area (Å²) >= 11 is 0. The number of nitrogens with one attached hydrogen (secondary N) is 2. The number of carbonyl (C=O) groups is 2. The Morgan fingerprint density at radius 2 is 2.05 bits per heavy atom. The van der Waals surface area contributed by atoms with Gasteiger partial charge >= 0.3 is 12.0 Å². The molecule has 0 aromatic carbocycles. The van der Waals surface area contributed by atoms with E-state index in [1.54, 1.807) is 0 Å². The lowest BCUT2D eigenvalue weighted by atomic mass is 9.93. The monoisotopic (exact) mass is 274 g/mol. The topological polar surface area (TPSA) is 108 Å². The molecular weight excluding hydrogens is 252 g/mol. The van der Waals surface area contributed by atoms with Gasteiger partial charge in [0.05, 0.1) is 12.1 Å². The van der Waals surface area contributed by atoms with E-state index in [0.717, 1.165) is 12.8 Å². The zero-order valence-corrected chi connectivity index (χ0v) is 11.1. The fourth-order valence-corrected chi connectivity index (χ4v) is 2.14. The molecule has 0 radical (unpaired) electrons. The number of aliphatic hydroxyl groups is 1. The smallest absolute Gasteiger partial charge is 0.326 e. The Labute approximate surface area is 112 Å². The van der Waals surface area contributed by atoms with Crippen molar-refractivity contribution in [2.75, 3.05) is 13.7 Å². The van der Waals surface area contributed by atoms with Gasteiger partial charge in [0.2, 0.25) is 0 Å². The van der Waals surface area contributed by atoms with Gasteiger partial charge in [-0.25, -0.2) is 9.59 Å². The summed E-state index contributed by atoms with van der Waals surface area (Å²) in [6.45, 7) is 0.253. The van der Waals surface area contributed by atoms with Gasteiger partial charge in [-0.2, -0.15) is 0 Å². The van der Waals surface area contributed by atoms with E-state index in [2.05, 4.69) is 10.6 Å². The van der Waals surface area contributed by atoms with E-state index in [1.165, 1.54) is 7.11 Å². The van der Waals surface area contributed by atoms with Crippen LogP contribution in [0.25, 0.3) is 0 Å². The predicted molar refractivity (Wildman–Crippen MR) is 67.8 cm³/mol. The Balaban J connectivity index is 2.40. The highest BCUT2D eigenvalue weighted by Crippen LogP contribution is 2.18. The molecule has 7 heteroatoms. The van der Waals surface area contributed by atoms with Crippen molar-refractivity contribution in [2.45, 2.75) is 50.3 Å². The quantitative estimate of drug-likeness (QED) is 0.548. The van der Waals surface area contributed by atoms with Crippen LogP contribution in [-0.2, 0) is 9.53 Å². The summed E-state index contributed by atoms with van der Waals surface area (Å²) in [4.78, 5) is 22.6. The van der Waals surface area contributed by atoms with Gasteiger partial charge in [-0.15, -0.1) is 0 Å². The first-order valence-electron chi connectivity index (χ1n) is 6.51. The van der Waals surface area contributed by atoms with Gasteiger partial charge in [-0.1, -0.05) is 12.8 Å². The average Bonchev–Trinajstić information content (AvgIpc) is 2.37. The molecule has 0 bridgehead atoms.